The fraction of sp³-hybridized carbons (Fsp3) is 0.600. The Morgan fingerprint density at radius 2 is 1.66 bits per heavy atom. The molecule has 1 aliphatic heterocycles. The van der Waals surface area contributed by atoms with E-state index in [0.29, 0.717) is 51.1 Å². The van der Waals surface area contributed by atoms with Gasteiger partial charge in [-0.05, 0) is 44.4 Å². The van der Waals surface area contributed by atoms with Gasteiger partial charge in [0.25, 0.3) is 0 Å². The highest BCUT2D eigenvalue weighted by atomic mass is 19.4. The maximum absolute atomic E-state index is 12.7. The molecule has 0 atom stereocenters. The van der Waals surface area contributed by atoms with Crippen molar-refractivity contribution in [3.63, 3.8) is 0 Å². The van der Waals surface area contributed by atoms with Crippen molar-refractivity contribution in [3.8, 4) is 5.75 Å². The second-order valence-corrected chi connectivity index (χ2v) is 7.10. The summed E-state index contributed by atoms with van der Waals surface area (Å²) in [5, 5.41) is 0. The third-order valence-electron chi connectivity index (χ3n) is 5.10. The van der Waals surface area contributed by atoms with Gasteiger partial charge < -0.3 is 19.4 Å². The number of piperidine rings is 1. The molecule has 0 aromatic heterocycles. The van der Waals surface area contributed by atoms with Crippen LogP contribution in [0.2, 0.25) is 0 Å². The Labute approximate surface area is 169 Å². The van der Waals surface area contributed by atoms with Gasteiger partial charge in [-0.25, -0.2) is 4.79 Å². The molecule has 0 N–H and O–H groups in total. The Morgan fingerprint density at radius 1 is 1.10 bits per heavy atom. The highest BCUT2D eigenvalue weighted by molar-refractivity contribution is 5.79. The molecule has 29 heavy (non-hydrogen) atoms. The smallest absolute Gasteiger partial charge is 0.406 e. The van der Waals surface area contributed by atoms with Gasteiger partial charge in [-0.1, -0.05) is 12.1 Å². The van der Waals surface area contributed by atoms with E-state index in [-0.39, 0.29) is 23.6 Å². The molecule has 3 amide bonds. The van der Waals surface area contributed by atoms with Crippen LogP contribution >= 0.6 is 0 Å². The number of alkyl halides is 3. The number of ether oxygens (including phenoxy) is 1. The second kappa shape index (κ2) is 9.84. The zero-order valence-corrected chi connectivity index (χ0v) is 17.0. The zero-order valence-electron chi connectivity index (χ0n) is 17.0. The normalized spacial score (nSPS) is 15.2. The minimum absolute atomic E-state index is 0.00965. The van der Waals surface area contributed by atoms with Crippen LogP contribution in [0, 0.1) is 5.92 Å². The van der Waals surface area contributed by atoms with E-state index in [0.717, 1.165) is 0 Å². The molecule has 0 radical (unpaired) electrons. The van der Waals surface area contributed by atoms with Crippen molar-refractivity contribution in [1.82, 2.24) is 14.7 Å². The van der Waals surface area contributed by atoms with Crippen molar-refractivity contribution >= 4 is 11.9 Å². The molecule has 162 valence electrons. The number of carbonyl (C=O) groups is 2. The van der Waals surface area contributed by atoms with E-state index >= 15 is 0 Å². The lowest BCUT2D eigenvalue weighted by atomic mass is 9.95. The molecule has 1 heterocycles. The molecule has 2 rings (SSSR count). The van der Waals surface area contributed by atoms with Gasteiger partial charge in [-0.2, -0.15) is 0 Å². The van der Waals surface area contributed by atoms with Crippen LogP contribution < -0.4 is 4.74 Å². The number of hydrogen-bond acceptors (Lipinski definition) is 3. The molecule has 1 aliphatic rings. The van der Waals surface area contributed by atoms with Crippen LogP contribution in [-0.2, 0) is 11.3 Å². The first kappa shape index (κ1) is 22.8. The van der Waals surface area contributed by atoms with Crippen molar-refractivity contribution < 1.29 is 27.5 Å². The minimum atomic E-state index is -4.73. The van der Waals surface area contributed by atoms with Gasteiger partial charge in [-0.3, -0.25) is 4.79 Å². The number of hydrogen-bond donors (Lipinski definition) is 0. The number of rotatable bonds is 6. The van der Waals surface area contributed by atoms with Crippen molar-refractivity contribution in [2.45, 2.75) is 39.6 Å². The molecule has 0 spiro atoms. The predicted octanol–water partition coefficient (Wildman–Crippen LogP) is 3.72. The first-order valence-electron chi connectivity index (χ1n) is 9.78. The first-order valence-corrected chi connectivity index (χ1v) is 9.78. The highest BCUT2D eigenvalue weighted by Gasteiger charge is 2.32. The molecular weight excluding hydrogens is 387 g/mol. The molecule has 0 bridgehead atoms. The summed E-state index contributed by atoms with van der Waals surface area (Å²) in [5.74, 6) is -0.468. The van der Waals surface area contributed by atoms with Gasteiger partial charge in [0.15, 0.2) is 0 Å². The van der Waals surface area contributed by atoms with Crippen molar-refractivity contribution in [2.75, 3.05) is 33.2 Å². The van der Waals surface area contributed by atoms with E-state index < -0.39 is 6.36 Å². The molecule has 1 aromatic carbocycles. The van der Waals surface area contributed by atoms with Gasteiger partial charge in [0.2, 0.25) is 5.91 Å². The van der Waals surface area contributed by atoms with Crippen LogP contribution in [0.15, 0.2) is 24.3 Å². The first-order chi connectivity index (χ1) is 13.6. The van der Waals surface area contributed by atoms with Gasteiger partial charge in [0, 0.05) is 45.7 Å². The van der Waals surface area contributed by atoms with Crippen LogP contribution in [0.1, 0.15) is 32.3 Å². The quantitative estimate of drug-likeness (QED) is 0.712. The van der Waals surface area contributed by atoms with E-state index in [1.165, 1.54) is 24.3 Å². The van der Waals surface area contributed by atoms with E-state index in [2.05, 4.69) is 4.74 Å². The Morgan fingerprint density at radius 3 is 2.14 bits per heavy atom. The summed E-state index contributed by atoms with van der Waals surface area (Å²) in [7, 11) is 1.68. The van der Waals surface area contributed by atoms with Gasteiger partial charge >= 0.3 is 12.4 Å². The Kier molecular flexibility index (Phi) is 7.75. The predicted molar refractivity (Wildman–Crippen MR) is 102 cm³/mol. The summed E-state index contributed by atoms with van der Waals surface area (Å²) >= 11 is 0. The summed E-state index contributed by atoms with van der Waals surface area (Å²) in [6.45, 7) is 6.58. The fourth-order valence-corrected chi connectivity index (χ4v) is 3.47. The van der Waals surface area contributed by atoms with Gasteiger partial charge in [0.1, 0.15) is 5.75 Å². The molecule has 1 saturated heterocycles. The molecule has 0 saturated carbocycles. The van der Waals surface area contributed by atoms with Gasteiger partial charge in [-0.15, -0.1) is 13.2 Å². The maximum Gasteiger partial charge on any atom is 0.573 e. The minimum Gasteiger partial charge on any atom is -0.406 e. The largest absolute Gasteiger partial charge is 0.573 e. The molecule has 0 aliphatic carbocycles. The van der Waals surface area contributed by atoms with Crippen LogP contribution in [-0.4, -0.2) is 66.2 Å². The van der Waals surface area contributed by atoms with Gasteiger partial charge in [0.05, 0.1) is 0 Å². The van der Waals surface area contributed by atoms with Crippen LogP contribution in [0.5, 0.6) is 5.75 Å². The summed E-state index contributed by atoms with van der Waals surface area (Å²) < 4.78 is 40.5. The summed E-state index contributed by atoms with van der Waals surface area (Å²) in [6, 6.07) is 5.50. The summed E-state index contributed by atoms with van der Waals surface area (Å²) in [5.41, 5.74) is 0.713. The lowest BCUT2D eigenvalue weighted by Gasteiger charge is -2.35. The third-order valence-corrected chi connectivity index (χ3v) is 5.10. The maximum atomic E-state index is 12.7. The number of carbonyl (C=O) groups excluding carboxylic acids is 2. The fourth-order valence-electron chi connectivity index (χ4n) is 3.47. The Bertz CT molecular complexity index is 682. The molecule has 1 fully saturated rings. The topological polar surface area (TPSA) is 53.1 Å². The second-order valence-electron chi connectivity index (χ2n) is 7.10. The number of benzene rings is 1. The number of urea groups is 1. The Hall–Kier alpha value is -2.45. The van der Waals surface area contributed by atoms with E-state index in [4.69, 9.17) is 0 Å². The number of likely N-dealkylation sites (tertiary alicyclic amines) is 1. The van der Waals surface area contributed by atoms with Crippen molar-refractivity contribution in [1.29, 1.82) is 0 Å². The van der Waals surface area contributed by atoms with E-state index in [1.54, 1.807) is 21.7 Å². The number of halogens is 3. The molecule has 0 unspecified atom stereocenters. The van der Waals surface area contributed by atoms with Crippen LogP contribution in [0.4, 0.5) is 18.0 Å². The lowest BCUT2D eigenvalue weighted by Crippen LogP contribution is -2.48. The van der Waals surface area contributed by atoms with Crippen molar-refractivity contribution in [2.24, 2.45) is 5.92 Å². The average molecular weight is 415 g/mol. The van der Waals surface area contributed by atoms with E-state index in [9.17, 15) is 22.8 Å². The highest BCUT2D eigenvalue weighted by Crippen LogP contribution is 2.24. The third kappa shape index (κ3) is 6.54. The standard InChI is InChI=1S/C20H28F3N3O3/c1-4-25(5-2)19(28)26-12-10-16(11-13-26)18(27)24(3)14-15-6-8-17(9-7-15)29-20(21,22)23/h6-9,16H,4-5,10-14H2,1-3H3. The average Bonchev–Trinajstić information content (AvgIpc) is 2.68. The summed E-state index contributed by atoms with van der Waals surface area (Å²) in [6.07, 6.45) is -3.51. The molecule has 1 aromatic rings. The zero-order chi connectivity index (χ0) is 21.6. The van der Waals surface area contributed by atoms with Crippen LogP contribution in [0.25, 0.3) is 0 Å². The molecule has 6 nitrogen and oxygen atoms in total. The summed E-state index contributed by atoms with van der Waals surface area (Å²) in [4.78, 5) is 30.2. The monoisotopic (exact) mass is 415 g/mol. The SMILES string of the molecule is CCN(CC)C(=O)N1CCC(C(=O)N(C)Cc2ccc(OC(F)(F)F)cc2)CC1. The lowest BCUT2D eigenvalue weighted by molar-refractivity contribution is -0.274. The van der Waals surface area contributed by atoms with Crippen LogP contribution in [0.3, 0.4) is 0 Å². The van der Waals surface area contributed by atoms with Crippen molar-refractivity contribution in [3.05, 3.63) is 29.8 Å². The molecule has 9 heteroatoms. The molecular formula is C20H28F3N3O3. The Balaban J connectivity index is 1.86. The van der Waals surface area contributed by atoms with E-state index in [1.807, 2.05) is 13.8 Å². The number of nitrogens with zero attached hydrogens (tertiary/aromatic N) is 3. The number of amides is 3.